The third-order valence-corrected chi connectivity index (χ3v) is 2.89. The van der Waals surface area contributed by atoms with E-state index in [1.54, 1.807) is 21.3 Å². The number of methoxy groups -OCH3 is 3. The second-order valence-electron chi connectivity index (χ2n) is 4.03. The maximum absolute atomic E-state index is 5.83. The molecule has 0 aliphatic heterocycles. The molecule has 2 aromatic carbocycles. The van der Waals surface area contributed by atoms with Gasteiger partial charge in [0.2, 0.25) is 0 Å². The fourth-order valence-electron chi connectivity index (χ4n) is 1.98. The van der Waals surface area contributed by atoms with E-state index in [0.717, 1.165) is 11.1 Å². The van der Waals surface area contributed by atoms with Crippen molar-refractivity contribution >= 4 is 5.69 Å². The maximum Gasteiger partial charge on any atom is 0.134 e. The Labute approximate surface area is 112 Å². The molecule has 19 heavy (non-hydrogen) atoms. The molecule has 4 nitrogen and oxygen atoms in total. The van der Waals surface area contributed by atoms with Crippen LogP contribution in [0.3, 0.4) is 0 Å². The molecule has 0 aliphatic rings. The van der Waals surface area contributed by atoms with Crippen molar-refractivity contribution in [3.63, 3.8) is 0 Å². The molecule has 0 saturated heterocycles. The normalized spacial score (nSPS) is 10.1. The first kappa shape index (κ1) is 13.1. The van der Waals surface area contributed by atoms with Gasteiger partial charge in [-0.05, 0) is 17.7 Å². The molecule has 2 aromatic rings. The molecule has 0 amide bonds. The fraction of sp³-hybridized carbons (Fsp3) is 0.200. The number of nitrogens with two attached hydrogens (primary N) is 1. The van der Waals surface area contributed by atoms with Gasteiger partial charge in [0.15, 0.2) is 0 Å². The van der Waals surface area contributed by atoms with Crippen molar-refractivity contribution in [3.05, 3.63) is 36.4 Å². The highest BCUT2D eigenvalue weighted by Gasteiger charge is 2.15. The van der Waals surface area contributed by atoms with E-state index >= 15 is 0 Å². The Morgan fingerprint density at radius 1 is 0.842 bits per heavy atom. The Kier molecular flexibility index (Phi) is 3.80. The Balaban J connectivity index is 2.66. The van der Waals surface area contributed by atoms with E-state index < -0.39 is 0 Å². The summed E-state index contributed by atoms with van der Waals surface area (Å²) in [6, 6.07) is 11.2. The molecule has 2 N–H and O–H groups in total. The van der Waals surface area contributed by atoms with Gasteiger partial charge >= 0.3 is 0 Å². The van der Waals surface area contributed by atoms with Gasteiger partial charge in [0.05, 0.1) is 26.9 Å². The molecule has 4 heteroatoms. The number of benzene rings is 2. The van der Waals surface area contributed by atoms with Gasteiger partial charge in [-0.15, -0.1) is 0 Å². The first-order valence-corrected chi connectivity index (χ1v) is 5.85. The molecule has 0 unspecified atom stereocenters. The van der Waals surface area contributed by atoms with E-state index in [1.807, 2.05) is 36.4 Å². The first-order chi connectivity index (χ1) is 9.19. The summed E-state index contributed by atoms with van der Waals surface area (Å²) < 4.78 is 16.1. The predicted molar refractivity (Wildman–Crippen MR) is 75.9 cm³/mol. The van der Waals surface area contributed by atoms with Crippen LogP contribution in [0.4, 0.5) is 5.69 Å². The Hall–Kier alpha value is -2.36. The van der Waals surface area contributed by atoms with Crippen molar-refractivity contribution in [2.45, 2.75) is 0 Å². The van der Waals surface area contributed by atoms with Crippen molar-refractivity contribution in [2.24, 2.45) is 0 Å². The highest BCUT2D eigenvalue weighted by Crippen LogP contribution is 2.42. The molecular formula is C15H17NO3. The number of nitrogen functional groups attached to an aromatic ring is 1. The summed E-state index contributed by atoms with van der Waals surface area (Å²) in [4.78, 5) is 0. The minimum absolute atomic E-state index is 0.682. The van der Waals surface area contributed by atoms with E-state index in [0.29, 0.717) is 22.9 Å². The molecule has 0 fully saturated rings. The zero-order valence-electron chi connectivity index (χ0n) is 11.3. The topological polar surface area (TPSA) is 53.7 Å². The molecule has 100 valence electrons. The highest BCUT2D eigenvalue weighted by molar-refractivity contribution is 5.79. The predicted octanol–water partition coefficient (Wildman–Crippen LogP) is 2.96. The smallest absolute Gasteiger partial charge is 0.134 e. The third kappa shape index (κ3) is 2.57. The maximum atomic E-state index is 5.83. The van der Waals surface area contributed by atoms with Crippen molar-refractivity contribution in [1.29, 1.82) is 0 Å². The Morgan fingerprint density at radius 2 is 1.47 bits per heavy atom. The van der Waals surface area contributed by atoms with Gasteiger partial charge in [0, 0.05) is 17.8 Å². The highest BCUT2D eigenvalue weighted by atomic mass is 16.5. The van der Waals surface area contributed by atoms with Crippen molar-refractivity contribution < 1.29 is 14.2 Å². The summed E-state index contributed by atoms with van der Waals surface area (Å²) in [7, 11) is 4.84. The van der Waals surface area contributed by atoms with Crippen LogP contribution in [0.1, 0.15) is 0 Å². The lowest BCUT2D eigenvalue weighted by Crippen LogP contribution is -1.96. The second-order valence-corrected chi connectivity index (χ2v) is 4.03. The second kappa shape index (κ2) is 5.52. The van der Waals surface area contributed by atoms with Gasteiger partial charge in [-0.2, -0.15) is 0 Å². The fourth-order valence-corrected chi connectivity index (χ4v) is 1.98. The number of ether oxygens (including phenoxy) is 3. The van der Waals surface area contributed by atoms with Crippen LogP contribution in [0, 0.1) is 0 Å². The number of anilines is 1. The van der Waals surface area contributed by atoms with Crippen LogP contribution < -0.4 is 19.9 Å². The van der Waals surface area contributed by atoms with Gasteiger partial charge in [0.1, 0.15) is 17.2 Å². The minimum Gasteiger partial charge on any atom is -0.496 e. The van der Waals surface area contributed by atoms with E-state index in [9.17, 15) is 0 Å². The molecule has 0 aliphatic carbocycles. The van der Waals surface area contributed by atoms with Crippen molar-refractivity contribution in [1.82, 2.24) is 0 Å². The van der Waals surface area contributed by atoms with Gasteiger partial charge in [-0.3, -0.25) is 0 Å². The van der Waals surface area contributed by atoms with Crippen LogP contribution in [0.25, 0.3) is 11.1 Å². The largest absolute Gasteiger partial charge is 0.496 e. The summed E-state index contributed by atoms with van der Waals surface area (Å²) in [6.45, 7) is 0. The van der Waals surface area contributed by atoms with Crippen LogP contribution in [0.5, 0.6) is 17.2 Å². The summed E-state index contributed by atoms with van der Waals surface area (Å²) >= 11 is 0. The lowest BCUT2D eigenvalue weighted by Gasteiger charge is -2.15. The zero-order chi connectivity index (χ0) is 13.8. The number of rotatable bonds is 4. The van der Waals surface area contributed by atoms with Crippen molar-refractivity contribution in [2.75, 3.05) is 27.1 Å². The van der Waals surface area contributed by atoms with Crippen LogP contribution in [0.15, 0.2) is 36.4 Å². The van der Waals surface area contributed by atoms with Crippen LogP contribution >= 0.6 is 0 Å². The standard InChI is InChI=1S/C15H17NO3/c1-17-12-8-13(18-2)15(14(9-12)19-3)10-5-4-6-11(16)7-10/h4-9H,16H2,1-3H3. The van der Waals surface area contributed by atoms with Gasteiger partial charge in [-0.25, -0.2) is 0 Å². The summed E-state index contributed by atoms with van der Waals surface area (Å²) in [6.07, 6.45) is 0. The molecule has 0 heterocycles. The SMILES string of the molecule is COc1cc(OC)c(-c2cccc(N)c2)c(OC)c1. The minimum atomic E-state index is 0.682. The van der Waals surface area contributed by atoms with Crippen molar-refractivity contribution in [3.8, 4) is 28.4 Å². The van der Waals surface area contributed by atoms with E-state index in [-0.39, 0.29) is 0 Å². The summed E-state index contributed by atoms with van der Waals surface area (Å²) in [5, 5.41) is 0. The molecule has 0 radical (unpaired) electrons. The third-order valence-electron chi connectivity index (χ3n) is 2.89. The Morgan fingerprint density at radius 3 is 1.95 bits per heavy atom. The monoisotopic (exact) mass is 259 g/mol. The number of hydrogen-bond acceptors (Lipinski definition) is 4. The summed E-state index contributed by atoms with van der Waals surface area (Å²) in [5.41, 5.74) is 8.32. The van der Waals surface area contributed by atoms with E-state index in [2.05, 4.69) is 0 Å². The number of hydrogen-bond donors (Lipinski definition) is 1. The quantitative estimate of drug-likeness (QED) is 0.858. The zero-order valence-corrected chi connectivity index (χ0v) is 11.3. The van der Waals surface area contributed by atoms with Crippen LogP contribution in [0.2, 0.25) is 0 Å². The molecule has 0 atom stereocenters. The molecule has 0 bridgehead atoms. The van der Waals surface area contributed by atoms with Crippen LogP contribution in [-0.4, -0.2) is 21.3 Å². The average Bonchev–Trinajstić information content (AvgIpc) is 2.45. The van der Waals surface area contributed by atoms with Gasteiger partial charge in [0.25, 0.3) is 0 Å². The van der Waals surface area contributed by atoms with Gasteiger partial charge < -0.3 is 19.9 Å². The Bertz CT molecular complexity index is 556. The van der Waals surface area contributed by atoms with E-state index in [1.165, 1.54) is 0 Å². The van der Waals surface area contributed by atoms with Crippen LogP contribution in [-0.2, 0) is 0 Å². The lowest BCUT2D eigenvalue weighted by atomic mass is 10.0. The lowest BCUT2D eigenvalue weighted by molar-refractivity contribution is 0.377. The van der Waals surface area contributed by atoms with E-state index in [4.69, 9.17) is 19.9 Å². The first-order valence-electron chi connectivity index (χ1n) is 5.85. The molecule has 0 aromatic heterocycles. The van der Waals surface area contributed by atoms with Gasteiger partial charge in [-0.1, -0.05) is 12.1 Å². The molecule has 2 rings (SSSR count). The molecule has 0 spiro atoms. The molecular weight excluding hydrogens is 242 g/mol. The molecule has 0 saturated carbocycles. The summed E-state index contributed by atoms with van der Waals surface area (Å²) in [5.74, 6) is 2.05. The average molecular weight is 259 g/mol.